The van der Waals surface area contributed by atoms with Crippen molar-refractivity contribution in [1.29, 1.82) is 0 Å². The zero-order valence-electron chi connectivity index (χ0n) is 10.9. The van der Waals surface area contributed by atoms with E-state index in [0.29, 0.717) is 5.56 Å². The minimum absolute atomic E-state index is 0.0881. The largest absolute Gasteiger partial charge is 0.318 e. The summed E-state index contributed by atoms with van der Waals surface area (Å²) in [4.78, 5) is 16.9. The Bertz CT molecular complexity index is 748. The summed E-state index contributed by atoms with van der Waals surface area (Å²) in [6, 6.07) is 18.0. The van der Waals surface area contributed by atoms with Crippen molar-refractivity contribution >= 4 is 16.7 Å². The predicted molar refractivity (Wildman–Crippen MR) is 79.4 cm³/mol. The van der Waals surface area contributed by atoms with Crippen molar-refractivity contribution in [3.63, 3.8) is 0 Å². The van der Waals surface area contributed by atoms with Crippen molar-refractivity contribution in [3.8, 4) is 0 Å². The van der Waals surface area contributed by atoms with Crippen LogP contribution in [-0.2, 0) is 0 Å². The molecule has 0 fully saturated rings. The van der Waals surface area contributed by atoms with Gasteiger partial charge in [0.2, 0.25) is 0 Å². The number of carbonyl (C=O) groups is 1. The number of pyridine rings is 1. The van der Waals surface area contributed by atoms with Gasteiger partial charge in [0.15, 0.2) is 5.78 Å². The minimum Gasteiger partial charge on any atom is -0.318 e. The molecular weight excluding hydrogens is 248 g/mol. The van der Waals surface area contributed by atoms with E-state index in [1.54, 1.807) is 12.3 Å². The van der Waals surface area contributed by atoms with Crippen LogP contribution in [0.25, 0.3) is 10.9 Å². The van der Waals surface area contributed by atoms with Crippen LogP contribution in [0.3, 0.4) is 0 Å². The molecule has 0 aliphatic carbocycles. The first-order valence-corrected chi connectivity index (χ1v) is 6.46. The highest BCUT2D eigenvalue weighted by Gasteiger charge is 2.19. The molecule has 1 heterocycles. The average Bonchev–Trinajstić information content (AvgIpc) is 2.54. The lowest BCUT2D eigenvalue weighted by molar-refractivity contribution is 0.0963. The Hall–Kier alpha value is -2.52. The van der Waals surface area contributed by atoms with Gasteiger partial charge in [-0.2, -0.15) is 0 Å². The molecule has 0 spiro atoms. The maximum atomic E-state index is 12.6. The quantitative estimate of drug-likeness (QED) is 0.738. The molecule has 3 aromatic rings. The molecule has 20 heavy (non-hydrogen) atoms. The normalized spacial score (nSPS) is 12.2. The molecule has 0 aliphatic rings. The van der Waals surface area contributed by atoms with Gasteiger partial charge in [0.25, 0.3) is 0 Å². The molecule has 3 heteroatoms. The molecule has 1 aromatic heterocycles. The van der Waals surface area contributed by atoms with Gasteiger partial charge in [0, 0.05) is 17.1 Å². The molecule has 2 aromatic carbocycles. The Kier molecular flexibility index (Phi) is 3.27. The van der Waals surface area contributed by atoms with Crippen molar-refractivity contribution in [1.82, 2.24) is 4.98 Å². The Morgan fingerprint density at radius 1 is 0.950 bits per heavy atom. The van der Waals surface area contributed by atoms with Crippen molar-refractivity contribution < 1.29 is 4.79 Å². The fourth-order valence-corrected chi connectivity index (χ4v) is 2.30. The first-order chi connectivity index (χ1) is 9.77. The molecule has 0 aliphatic heterocycles. The number of rotatable bonds is 3. The standard InChI is InChI=1S/C17H14N2O/c18-16(12-6-2-1-3-7-12)17(20)14-8-4-10-15-13(14)9-5-11-19-15/h1-11,16H,18H2/t16-/m1/s1. The number of ketones is 1. The monoisotopic (exact) mass is 262 g/mol. The number of nitrogens with zero attached hydrogens (tertiary/aromatic N) is 1. The predicted octanol–water partition coefficient (Wildman–Crippen LogP) is 3.12. The fraction of sp³-hybridized carbons (Fsp3) is 0.0588. The van der Waals surface area contributed by atoms with E-state index in [2.05, 4.69) is 4.98 Å². The lowest BCUT2D eigenvalue weighted by Crippen LogP contribution is -2.21. The van der Waals surface area contributed by atoms with Crippen LogP contribution >= 0.6 is 0 Å². The third-order valence-electron chi connectivity index (χ3n) is 3.35. The van der Waals surface area contributed by atoms with Gasteiger partial charge in [-0.25, -0.2) is 0 Å². The Morgan fingerprint density at radius 3 is 2.55 bits per heavy atom. The average molecular weight is 262 g/mol. The van der Waals surface area contributed by atoms with Gasteiger partial charge in [-0.1, -0.05) is 48.5 Å². The van der Waals surface area contributed by atoms with E-state index in [9.17, 15) is 4.79 Å². The second-order valence-corrected chi connectivity index (χ2v) is 4.63. The lowest BCUT2D eigenvalue weighted by atomic mass is 9.95. The first-order valence-electron chi connectivity index (χ1n) is 6.46. The van der Waals surface area contributed by atoms with Gasteiger partial charge in [-0.3, -0.25) is 9.78 Å². The number of aromatic nitrogens is 1. The van der Waals surface area contributed by atoms with Gasteiger partial charge in [0.05, 0.1) is 11.6 Å². The number of Topliss-reactive ketones (excluding diaryl/α,β-unsaturated/α-hetero) is 1. The van der Waals surface area contributed by atoms with Crippen LogP contribution in [0.4, 0.5) is 0 Å². The molecule has 2 N–H and O–H groups in total. The first kappa shape index (κ1) is 12.5. The maximum Gasteiger partial charge on any atom is 0.184 e. The molecule has 3 nitrogen and oxygen atoms in total. The lowest BCUT2D eigenvalue weighted by Gasteiger charge is -2.12. The second kappa shape index (κ2) is 5.23. The van der Waals surface area contributed by atoms with E-state index in [1.165, 1.54) is 0 Å². The van der Waals surface area contributed by atoms with Gasteiger partial charge in [-0.15, -0.1) is 0 Å². The van der Waals surface area contributed by atoms with Gasteiger partial charge in [0.1, 0.15) is 0 Å². The van der Waals surface area contributed by atoms with Crippen molar-refractivity contribution in [2.75, 3.05) is 0 Å². The molecule has 98 valence electrons. The topological polar surface area (TPSA) is 56.0 Å². The number of hydrogen-bond acceptors (Lipinski definition) is 3. The Labute approximate surface area is 117 Å². The van der Waals surface area contributed by atoms with E-state index in [1.807, 2.05) is 54.6 Å². The van der Waals surface area contributed by atoms with Gasteiger partial charge in [-0.05, 0) is 17.7 Å². The maximum absolute atomic E-state index is 12.6. The summed E-state index contributed by atoms with van der Waals surface area (Å²) in [5, 5.41) is 0.839. The van der Waals surface area contributed by atoms with Crippen molar-refractivity contribution in [3.05, 3.63) is 78.0 Å². The van der Waals surface area contributed by atoms with Crippen LogP contribution in [0.2, 0.25) is 0 Å². The third-order valence-corrected chi connectivity index (χ3v) is 3.35. The minimum atomic E-state index is -0.651. The van der Waals surface area contributed by atoms with Crippen LogP contribution in [0.5, 0.6) is 0 Å². The molecule has 0 amide bonds. The van der Waals surface area contributed by atoms with Crippen molar-refractivity contribution in [2.24, 2.45) is 5.73 Å². The fourth-order valence-electron chi connectivity index (χ4n) is 2.30. The zero-order valence-corrected chi connectivity index (χ0v) is 10.9. The molecule has 0 bridgehead atoms. The highest BCUT2D eigenvalue weighted by molar-refractivity contribution is 6.09. The molecule has 1 atom stereocenters. The van der Waals surface area contributed by atoms with E-state index < -0.39 is 6.04 Å². The summed E-state index contributed by atoms with van der Waals surface area (Å²) in [6.07, 6.45) is 1.72. The molecule has 0 saturated heterocycles. The van der Waals surface area contributed by atoms with Crippen LogP contribution in [0.15, 0.2) is 66.9 Å². The summed E-state index contributed by atoms with van der Waals surface area (Å²) in [6.45, 7) is 0. The van der Waals surface area contributed by atoms with Gasteiger partial charge < -0.3 is 5.73 Å². The summed E-state index contributed by atoms with van der Waals surface area (Å²) in [5.74, 6) is -0.0881. The molecule has 3 rings (SSSR count). The zero-order chi connectivity index (χ0) is 13.9. The number of carbonyl (C=O) groups excluding carboxylic acids is 1. The molecular formula is C17H14N2O. The number of fused-ring (bicyclic) bond motifs is 1. The highest BCUT2D eigenvalue weighted by atomic mass is 16.1. The summed E-state index contributed by atoms with van der Waals surface area (Å²) < 4.78 is 0. The highest BCUT2D eigenvalue weighted by Crippen LogP contribution is 2.22. The van der Waals surface area contributed by atoms with E-state index in [4.69, 9.17) is 5.73 Å². The van der Waals surface area contributed by atoms with E-state index >= 15 is 0 Å². The van der Waals surface area contributed by atoms with Crippen LogP contribution in [0.1, 0.15) is 22.0 Å². The summed E-state index contributed by atoms with van der Waals surface area (Å²) in [7, 11) is 0. The summed E-state index contributed by atoms with van der Waals surface area (Å²) in [5.41, 5.74) is 8.33. The Balaban J connectivity index is 2.05. The second-order valence-electron chi connectivity index (χ2n) is 4.63. The van der Waals surface area contributed by atoms with E-state index in [0.717, 1.165) is 16.5 Å². The molecule has 0 unspecified atom stereocenters. The Morgan fingerprint density at radius 2 is 1.75 bits per heavy atom. The van der Waals surface area contributed by atoms with Crippen LogP contribution in [-0.4, -0.2) is 10.8 Å². The molecule has 0 radical (unpaired) electrons. The smallest absolute Gasteiger partial charge is 0.184 e. The van der Waals surface area contributed by atoms with Crippen LogP contribution < -0.4 is 5.73 Å². The number of hydrogen-bond donors (Lipinski definition) is 1. The van der Waals surface area contributed by atoms with Crippen LogP contribution in [0, 0.1) is 0 Å². The summed E-state index contributed by atoms with van der Waals surface area (Å²) >= 11 is 0. The number of benzene rings is 2. The number of nitrogens with two attached hydrogens (primary N) is 1. The SMILES string of the molecule is N[C@@H](C(=O)c1cccc2ncccc12)c1ccccc1. The third kappa shape index (κ3) is 2.19. The van der Waals surface area contributed by atoms with E-state index in [-0.39, 0.29) is 5.78 Å². The van der Waals surface area contributed by atoms with Crippen molar-refractivity contribution in [2.45, 2.75) is 6.04 Å². The van der Waals surface area contributed by atoms with Gasteiger partial charge >= 0.3 is 0 Å². The molecule has 0 saturated carbocycles.